The largest absolute Gasteiger partial charge is 0.444 e. The second-order valence-electron chi connectivity index (χ2n) is 11.3. The molecule has 0 radical (unpaired) electrons. The van der Waals surface area contributed by atoms with Gasteiger partial charge in [-0.25, -0.2) is 14.8 Å². The number of piperazine rings is 1. The highest BCUT2D eigenvalue weighted by atomic mass is 16.6. The lowest BCUT2D eigenvalue weighted by atomic mass is 9.86. The van der Waals surface area contributed by atoms with Crippen LogP contribution in [0.2, 0.25) is 0 Å². The molecule has 182 valence electrons. The summed E-state index contributed by atoms with van der Waals surface area (Å²) >= 11 is 0. The van der Waals surface area contributed by atoms with Gasteiger partial charge in [-0.3, -0.25) is 0 Å². The van der Waals surface area contributed by atoms with Crippen LogP contribution in [0.4, 0.5) is 10.6 Å². The number of hydrogen-bond acceptors (Lipinski definition) is 6. The number of hydrogen-bond donors (Lipinski definition) is 0. The van der Waals surface area contributed by atoms with Crippen LogP contribution < -0.4 is 4.90 Å². The van der Waals surface area contributed by atoms with Crippen molar-refractivity contribution in [1.82, 2.24) is 19.4 Å². The third-order valence-electron chi connectivity index (χ3n) is 7.41. The lowest BCUT2D eigenvalue weighted by molar-refractivity contribution is 0.0218. The van der Waals surface area contributed by atoms with Crippen LogP contribution in [0.5, 0.6) is 0 Å². The Morgan fingerprint density at radius 2 is 1.97 bits per heavy atom. The van der Waals surface area contributed by atoms with E-state index < -0.39 is 5.60 Å². The molecule has 1 amide bonds. The Kier molecular flexibility index (Phi) is 5.91. The number of anilines is 1. The molecule has 3 aliphatic rings. The van der Waals surface area contributed by atoms with Crippen LogP contribution in [-0.4, -0.2) is 56.8 Å². The molecular weight excluding hydrogens is 428 g/mol. The summed E-state index contributed by atoms with van der Waals surface area (Å²) in [5.74, 6) is 1.68. The fourth-order valence-electron chi connectivity index (χ4n) is 5.60. The first-order chi connectivity index (χ1) is 16.2. The maximum absolute atomic E-state index is 12.6. The Balaban J connectivity index is 1.45. The van der Waals surface area contributed by atoms with Gasteiger partial charge in [0.15, 0.2) is 0 Å². The molecule has 8 heteroatoms. The topological polar surface area (TPSA) is 87.3 Å². The average molecular weight is 465 g/mol. The zero-order chi connectivity index (χ0) is 24.0. The second-order valence-corrected chi connectivity index (χ2v) is 11.3. The van der Waals surface area contributed by atoms with Crippen LogP contribution in [0.15, 0.2) is 12.5 Å². The first-order valence-electron chi connectivity index (χ1n) is 12.7. The minimum atomic E-state index is -0.498. The molecule has 3 heterocycles. The van der Waals surface area contributed by atoms with Crippen molar-refractivity contribution in [3.8, 4) is 6.07 Å². The van der Waals surface area contributed by atoms with Crippen LogP contribution >= 0.6 is 0 Å². The predicted molar refractivity (Wildman–Crippen MR) is 131 cm³/mol. The van der Waals surface area contributed by atoms with Crippen LogP contribution in [0.3, 0.4) is 0 Å². The van der Waals surface area contributed by atoms with Crippen LogP contribution in [0.1, 0.15) is 83.7 Å². The summed E-state index contributed by atoms with van der Waals surface area (Å²) in [5, 5.41) is 10.7. The van der Waals surface area contributed by atoms with Gasteiger partial charge in [0.1, 0.15) is 23.4 Å². The first-order valence-corrected chi connectivity index (χ1v) is 12.7. The molecule has 2 aliphatic carbocycles. The van der Waals surface area contributed by atoms with E-state index in [2.05, 4.69) is 28.7 Å². The van der Waals surface area contributed by atoms with Gasteiger partial charge in [-0.1, -0.05) is 6.42 Å². The molecule has 0 bridgehead atoms. The van der Waals surface area contributed by atoms with Crippen molar-refractivity contribution in [2.45, 2.75) is 89.8 Å². The normalized spacial score (nSPS) is 25.9. The molecule has 2 aromatic heterocycles. The van der Waals surface area contributed by atoms with Gasteiger partial charge in [0.05, 0.1) is 11.5 Å². The molecule has 8 nitrogen and oxygen atoms in total. The number of fused-ring (bicyclic) bond motifs is 1. The van der Waals surface area contributed by atoms with Crippen molar-refractivity contribution >= 4 is 22.9 Å². The van der Waals surface area contributed by atoms with Crippen molar-refractivity contribution in [2.75, 3.05) is 24.5 Å². The van der Waals surface area contributed by atoms with E-state index in [0.29, 0.717) is 31.6 Å². The Hall–Kier alpha value is -2.82. The van der Waals surface area contributed by atoms with Gasteiger partial charge in [-0.2, -0.15) is 5.26 Å². The number of nitriles is 1. The molecule has 1 aliphatic heterocycles. The lowest BCUT2D eigenvalue weighted by Gasteiger charge is -2.41. The molecule has 0 aromatic carbocycles. The third kappa shape index (κ3) is 4.45. The lowest BCUT2D eigenvalue weighted by Crippen LogP contribution is -2.54. The quantitative estimate of drug-likeness (QED) is 0.635. The van der Waals surface area contributed by atoms with Crippen molar-refractivity contribution in [3.05, 3.63) is 18.1 Å². The van der Waals surface area contributed by atoms with Gasteiger partial charge < -0.3 is 19.1 Å². The Bertz CT molecular complexity index is 1110. The van der Waals surface area contributed by atoms with E-state index in [1.165, 1.54) is 23.8 Å². The molecule has 2 aromatic rings. The SMILES string of the molecule is C[C@H]1CN(C(=O)OC(C)(C)C)CCN1c1ncnc2c1c(C1CC1)cn2[C@H]1CCC[C@@H](C#N)C1. The van der Waals surface area contributed by atoms with Crippen molar-refractivity contribution in [1.29, 1.82) is 5.26 Å². The Labute approximate surface area is 201 Å². The van der Waals surface area contributed by atoms with E-state index in [1.807, 2.05) is 25.7 Å². The van der Waals surface area contributed by atoms with E-state index in [9.17, 15) is 10.1 Å². The fourth-order valence-corrected chi connectivity index (χ4v) is 5.60. The van der Waals surface area contributed by atoms with E-state index in [-0.39, 0.29) is 18.1 Å². The zero-order valence-corrected chi connectivity index (χ0v) is 20.8. The van der Waals surface area contributed by atoms with E-state index >= 15 is 0 Å². The summed E-state index contributed by atoms with van der Waals surface area (Å²) in [4.78, 5) is 26.3. The zero-order valence-electron chi connectivity index (χ0n) is 20.8. The minimum Gasteiger partial charge on any atom is -0.444 e. The summed E-state index contributed by atoms with van der Waals surface area (Å²) in [7, 11) is 0. The first kappa shape index (κ1) is 22.9. The fraction of sp³-hybridized carbons (Fsp3) is 0.692. The van der Waals surface area contributed by atoms with Crippen LogP contribution in [-0.2, 0) is 4.74 Å². The van der Waals surface area contributed by atoms with Crippen molar-refractivity contribution in [2.24, 2.45) is 5.92 Å². The molecule has 2 saturated carbocycles. The number of carbonyl (C=O) groups excluding carboxylic acids is 1. The molecule has 34 heavy (non-hydrogen) atoms. The van der Waals surface area contributed by atoms with Gasteiger partial charge in [-0.15, -0.1) is 0 Å². The highest BCUT2D eigenvalue weighted by Crippen LogP contribution is 2.47. The Morgan fingerprint density at radius 1 is 1.18 bits per heavy atom. The molecular formula is C26H36N6O2. The number of rotatable bonds is 3. The minimum absolute atomic E-state index is 0.118. The number of nitrogens with zero attached hydrogens (tertiary/aromatic N) is 6. The standard InChI is InChI=1S/C26H36N6O2/c1-17-14-30(25(33)34-26(2,3)4)10-11-31(17)23-22-21(19-8-9-19)15-32(24(22)29-16-28-23)20-7-5-6-18(12-20)13-27/h15-20H,5-12,14H2,1-4H3/t17-,18+,20-/m0/s1. The van der Waals surface area contributed by atoms with Gasteiger partial charge in [0.25, 0.3) is 0 Å². The van der Waals surface area contributed by atoms with Crippen LogP contribution in [0.25, 0.3) is 11.0 Å². The molecule has 3 fully saturated rings. The highest BCUT2D eigenvalue weighted by molar-refractivity contribution is 5.92. The average Bonchev–Trinajstić information content (AvgIpc) is 3.57. The van der Waals surface area contributed by atoms with E-state index in [4.69, 9.17) is 14.7 Å². The van der Waals surface area contributed by atoms with E-state index in [1.54, 1.807) is 6.33 Å². The molecule has 3 atom stereocenters. The number of ether oxygens (including phenoxy) is 1. The van der Waals surface area contributed by atoms with Gasteiger partial charge in [-0.05, 0) is 71.3 Å². The molecule has 0 N–H and O–H groups in total. The number of amides is 1. The number of carbonyl (C=O) groups is 1. The summed E-state index contributed by atoms with van der Waals surface area (Å²) in [6, 6.07) is 2.93. The van der Waals surface area contributed by atoms with Crippen molar-refractivity contribution < 1.29 is 9.53 Å². The third-order valence-corrected chi connectivity index (χ3v) is 7.41. The maximum Gasteiger partial charge on any atom is 0.410 e. The Morgan fingerprint density at radius 3 is 2.65 bits per heavy atom. The smallest absolute Gasteiger partial charge is 0.410 e. The van der Waals surface area contributed by atoms with Gasteiger partial charge in [0.2, 0.25) is 0 Å². The summed E-state index contributed by atoms with van der Waals surface area (Å²) in [5.41, 5.74) is 1.85. The van der Waals surface area contributed by atoms with Gasteiger partial charge >= 0.3 is 6.09 Å². The van der Waals surface area contributed by atoms with E-state index in [0.717, 1.165) is 37.1 Å². The number of aromatic nitrogens is 3. The molecule has 0 unspecified atom stereocenters. The monoisotopic (exact) mass is 464 g/mol. The summed E-state index contributed by atoms with van der Waals surface area (Å²) in [6.07, 6.45) is 10.2. The van der Waals surface area contributed by atoms with Gasteiger partial charge in [0, 0.05) is 43.8 Å². The maximum atomic E-state index is 12.6. The molecule has 0 spiro atoms. The summed E-state index contributed by atoms with van der Waals surface area (Å²) in [6.45, 7) is 9.77. The second kappa shape index (κ2) is 8.75. The predicted octanol–water partition coefficient (Wildman–Crippen LogP) is 5.01. The summed E-state index contributed by atoms with van der Waals surface area (Å²) < 4.78 is 7.95. The molecule has 1 saturated heterocycles. The van der Waals surface area contributed by atoms with Crippen molar-refractivity contribution in [3.63, 3.8) is 0 Å². The van der Waals surface area contributed by atoms with Crippen LogP contribution in [0, 0.1) is 17.2 Å². The highest BCUT2D eigenvalue weighted by Gasteiger charge is 2.36. The molecule has 5 rings (SSSR count).